The molecule has 2 aromatic rings. The van der Waals surface area contributed by atoms with Gasteiger partial charge in [-0.05, 0) is 35.1 Å². The molecule has 2 atom stereocenters. The minimum Gasteiger partial charge on any atom is -0.479 e. The first-order chi connectivity index (χ1) is 16.5. The van der Waals surface area contributed by atoms with Crippen LogP contribution in [0.4, 0.5) is 4.79 Å². The van der Waals surface area contributed by atoms with Crippen LogP contribution < -0.4 is 10.8 Å². The first kappa shape index (κ1) is 24.9. The van der Waals surface area contributed by atoms with E-state index < -0.39 is 30.1 Å². The third-order valence-corrected chi connectivity index (χ3v) is 5.51. The Morgan fingerprint density at radius 2 is 1.71 bits per heavy atom. The summed E-state index contributed by atoms with van der Waals surface area (Å²) >= 11 is 0. The van der Waals surface area contributed by atoms with Crippen LogP contribution in [0.25, 0.3) is 11.1 Å². The van der Waals surface area contributed by atoms with Crippen molar-refractivity contribution in [2.24, 2.45) is 0 Å². The number of methoxy groups -OCH3 is 1. The number of hydrogen-bond donors (Lipinski definition) is 3. The van der Waals surface area contributed by atoms with Gasteiger partial charge in [-0.1, -0.05) is 54.6 Å². The highest BCUT2D eigenvalue weighted by Gasteiger charge is 2.30. The third-order valence-electron chi connectivity index (χ3n) is 5.51. The number of carboxylic acids is 1. The van der Waals surface area contributed by atoms with Crippen molar-refractivity contribution in [3.63, 3.8) is 0 Å². The number of hydrogen-bond acceptors (Lipinski definition) is 6. The molecule has 180 valence electrons. The monoisotopic (exact) mass is 468 g/mol. The Morgan fingerprint density at radius 3 is 2.26 bits per heavy atom. The van der Waals surface area contributed by atoms with Gasteiger partial charge in [-0.15, -0.1) is 6.58 Å². The number of rotatable bonds is 12. The standard InChI is InChI=1S/C25H28N2O7/c1-3-4-13-21(23(28)27-34-22(15-32-2)24(29)30)26-25(31)33-14-20-18-11-7-5-9-16(18)17-10-6-8-12-19(17)20/h3,5-12,20-22H,1,4,13-15H2,2H3,(H,26,31)(H,27,28)(H,29,30). The van der Waals surface area contributed by atoms with Crippen LogP contribution in [-0.4, -0.2) is 55.5 Å². The molecular weight excluding hydrogens is 440 g/mol. The first-order valence-corrected chi connectivity index (χ1v) is 10.9. The van der Waals surface area contributed by atoms with E-state index in [0.717, 1.165) is 22.3 Å². The fraction of sp³-hybridized carbons (Fsp3) is 0.320. The highest BCUT2D eigenvalue weighted by atomic mass is 16.7. The summed E-state index contributed by atoms with van der Waals surface area (Å²) in [7, 11) is 1.31. The largest absolute Gasteiger partial charge is 0.479 e. The second kappa shape index (κ2) is 12.0. The summed E-state index contributed by atoms with van der Waals surface area (Å²) in [5, 5.41) is 11.6. The van der Waals surface area contributed by atoms with Gasteiger partial charge < -0.3 is 19.9 Å². The molecule has 0 aliphatic heterocycles. The number of aliphatic carboxylic acids is 1. The second-order valence-electron chi connectivity index (χ2n) is 7.75. The van der Waals surface area contributed by atoms with Gasteiger partial charge in [0.05, 0.1) is 6.61 Å². The van der Waals surface area contributed by atoms with E-state index in [2.05, 4.69) is 17.4 Å². The first-order valence-electron chi connectivity index (χ1n) is 10.9. The van der Waals surface area contributed by atoms with Crippen LogP contribution in [-0.2, 0) is 23.9 Å². The molecule has 0 fully saturated rings. The summed E-state index contributed by atoms with van der Waals surface area (Å²) < 4.78 is 10.2. The van der Waals surface area contributed by atoms with Crippen LogP contribution in [0.1, 0.15) is 29.9 Å². The zero-order valence-corrected chi connectivity index (χ0v) is 18.9. The summed E-state index contributed by atoms with van der Waals surface area (Å²) in [4.78, 5) is 41.2. The SMILES string of the molecule is C=CCCC(NC(=O)OCC1c2ccccc2-c2ccccc21)C(=O)NOC(COC)C(=O)O. The van der Waals surface area contributed by atoms with Crippen LogP contribution in [0.2, 0.25) is 0 Å². The molecule has 0 saturated carbocycles. The molecule has 0 saturated heterocycles. The Morgan fingerprint density at radius 1 is 1.09 bits per heavy atom. The molecule has 1 aliphatic carbocycles. The predicted molar refractivity (Wildman–Crippen MR) is 124 cm³/mol. The third kappa shape index (κ3) is 6.00. The Kier molecular flexibility index (Phi) is 8.78. The Labute approximate surface area is 197 Å². The molecule has 34 heavy (non-hydrogen) atoms. The molecule has 2 unspecified atom stereocenters. The Hall–Kier alpha value is -3.69. The van der Waals surface area contributed by atoms with E-state index in [1.165, 1.54) is 7.11 Å². The van der Waals surface area contributed by atoms with Gasteiger partial charge in [0.25, 0.3) is 5.91 Å². The molecule has 0 heterocycles. The molecule has 3 N–H and O–H groups in total. The number of carbonyl (C=O) groups is 3. The zero-order valence-electron chi connectivity index (χ0n) is 18.9. The maximum absolute atomic E-state index is 12.6. The fourth-order valence-electron chi connectivity index (χ4n) is 3.84. The Balaban J connectivity index is 1.61. The van der Waals surface area contributed by atoms with E-state index in [0.29, 0.717) is 6.42 Å². The van der Waals surface area contributed by atoms with Gasteiger partial charge in [-0.2, -0.15) is 0 Å². The normalized spacial score (nSPS) is 13.8. The van der Waals surface area contributed by atoms with E-state index in [1.807, 2.05) is 48.5 Å². The number of fused-ring (bicyclic) bond motifs is 3. The zero-order chi connectivity index (χ0) is 24.5. The highest BCUT2D eigenvalue weighted by molar-refractivity contribution is 5.85. The van der Waals surface area contributed by atoms with Gasteiger partial charge in [0.15, 0.2) is 0 Å². The van der Waals surface area contributed by atoms with Gasteiger partial charge in [-0.3, -0.25) is 9.63 Å². The average Bonchev–Trinajstić information content (AvgIpc) is 3.16. The summed E-state index contributed by atoms with van der Waals surface area (Å²) in [6, 6.07) is 14.9. The lowest BCUT2D eigenvalue weighted by Crippen LogP contribution is -2.49. The molecular formula is C25H28N2O7. The minimum absolute atomic E-state index is 0.0983. The van der Waals surface area contributed by atoms with Crippen LogP contribution in [0.15, 0.2) is 61.2 Å². The van der Waals surface area contributed by atoms with Gasteiger partial charge in [-0.25, -0.2) is 15.1 Å². The molecule has 9 heteroatoms. The molecule has 2 amide bonds. The quantitative estimate of drug-likeness (QED) is 0.323. The van der Waals surface area contributed by atoms with E-state index in [1.54, 1.807) is 6.08 Å². The summed E-state index contributed by atoms with van der Waals surface area (Å²) in [5.74, 6) is -2.13. The van der Waals surface area contributed by atoms with Crippen molar-refractivity contribution in [1.29, 1.82) is 0 Å². The van der Waals surface area contributed by atoms with E-state index in [-0.39, 0.29) is 25.6 Å². The smallest absolute Gasteiger partial charge is 0.407 e. The van der Waals surface area contributed by atoms with Gasteiger partial charge in [0.1, 0.15) is 12.6 Å². The molecule has 1 aliphatic rings. The van der Waals surface area contributed by atoms with Crippen LogP contribution in [0.3, 0.4) is 0 Å². The molecule has 0 bridgehead atoms. The minimum atomic E-state index is -1.39. The number of hydroxylamine groups is 1. The van der Waals surface area contributed by atoms with Crippen molar-refractivity contribution >= 4 is 18.0 Å². The molecule has 0 aromatic heterocycles. The maximum Gasteiger partial charge on any atom is 0.407 e. The van der Waals surface area contributed by atoms with E-state index in [4.69, 9.17) is 19.4 Å². The van der Waals surface area contributed by atoms with E-state index >= 15 is 0 Å². The number of nitrogens with one attached hydrogen (secondary N) is 2. The number of allylic oxidation sites excluding steroid dienone is 1. The predicted octanol–water partition coefficient (Wildman–Crippen LogP) is 3.01. The number of amides is 2. The summed E-state index contributed by atoms with van der Waals surface area (Å²) in [5.41, 5.74) is 6.44. The maximum atomic E-state index is 12.6. The van der Waals surface area contributed by atoms with Crippen molar-refractivity contribution in [2.75, 3.05) is 20.3 Å². The van der Waals surface area contributed by atoms with Crippen LogP contribution in [0.5, 0.6) is 0 Å². The lowest BCUT2D eigenvalue weighted by Gasteiger charge is -2.20. The van der Waals surface area contributed by atoms with Crippen molar-refractivity contribution in [2.45, 2.75) is 30.9 Å². The molecule has 0 radical (unpaired) electrons. The topological polar surface area (TPSA) is 123 Å². The molecule has 3 rings (SSSR count). The number of carboxylic acid groups (broad SMARTS) is 1. The van der Waals surface area contributed by atoms with Crippen LogP contribution in [0, 0.1) is 0 Å². The number of ether oxygens (including phenoxy) is 2. The second-order valence-corrected chi connectivity index (χ2v) is 7.75. The van der Waals surface area contributed by atoms with E-state index in [9.17, 15) is 14.4 Å². The van der Waals surface area contributed by atoms with Crippen molar-refractivity contribution < 1.29 is 33.8 Å². The lowest BCUT2D eigenvalue weighted by molar-refractivity contribution is -0.165. The van der Waals surface area contributed by atoms with Crippen molar-refractivity contribution in [3.8, 4) is 11.1 Å². The summed E-state index contributed by atoms with van der Waals surface area (Å²) in [6.07, 6.45) is 0.111. The number of benzene rings is 2. The van der Waals surface area contributed by atoms with Gasteiger partial charge in [0, 0.05) is 13.0 Å². The lowest BCUT2D eigenvalue weighted by atomic mass is 9.98. The van der Waals surface area contributed by atoms with Crippen molar-refractivity contribution in [1.82, 2.24) is 10.8 Å². The van der Waals surface area contributed by atoms with Crippen LogP contribution >= 0.6 is 0 Å². The fourth-order valence-corrected chi connectivity index (χ4v) is 3.84. The summed E-state index contributed by atoms with van der Waals surface area (Å²) in [6.45, 7) is 3.46. The molecule has 9 nitrogen and oxygen atoms in total. The van der Waals surface area contributed by atoms with Gasteiger partial charge >= 0.3 is 12.1 Å². The van der Waals surface area contributed by atoms with Crippen molar-refractivity contribution in [3.05, 3.63) is 72.3 Å². The molecule has 2 aromatic carbocycles. The average molecular weight is 469 g/mol. The highest BCUT2D eigenvalue weighted by Crippen LogP contribution is 2.44. The number of alkyl carbamates (subject to hydrolysis) is 1. The molecule has 0 spiro atoms. The van der Waals surface area contributed by atoms with Gasteiger partial charge in [0.2, 0.25) is 6.10 Å². The Bertz CT molecular complexity index is 994. The number of carbonyl (C=O) groups excluding carboxylic acids is 2.